The summed E-state index contributed by atoms with van der Waals surface area (Å²) in [6.07, 6.45) is 4.03. The van der Waals surface area contributed by atoms with Gasteiger partial charge in [-0.2, -0.15) is 0 Å². The lowest BCUT2D eigenvalue weighted by molar-refractivity contribution is 0.0343. The molecule has 0 fully saturated rings. The SMILES string of the molecule is COc1cncc(C(C)(O)CC(C)C)c1. The molecule has 0 aromatic carbocycles. The third-order valence-electron chi connectivity index (χ3n) is 2.38. The van der Waals surface area contributed by atoms with E-state index in [0.717, 1.165) is 5.56 Å². The van der Waals surface area contributed by atoms with E-state index < -0.39 is 5.60 Å². The van der Waals surface area contributed by atoms with Crippen molar-refractivity contribution < 1.29 is 9.84 Å². The van der Waals surface area contributed by atoms with Gasteiger partial charge in [0.05, 0.1) is 18.9 Å². The fraction of sp³-hybridized carbons (Fsp3) is 0.583. The van der Waals surface area contributed by atoms with Crippen LogP contribution in [-0.2, 0) is 5.60 Å². The van der Waals surface area contributed by atoms with Gasteiger partial charge < -0.3 is 9.84 Å². The van der Waals surface area contributed by atoms with Crippen molar-refractivity contribution in [3.05, 3.63) is 24.0 Å². The Balaban J connectivity index is 2.93. The minimum atomic E-state index is -0.838. The number of hydrogen-bond donors (Lipinski definition) is 1. The maximum absolute atomic E-state index is 10.3. The van der Waals surface area contributed by atoms with E-state index in [1.54, 1.807) is 19.5 Å². The Morgan fingerprint density at radius 2 is 2.13 bits per heavy atom. The Kier molecular flexibility index (Phi) is 3.69. The Morgan fingerprint density at radius 1 is 1.47 bits per heavy atom. The maximum atomic E-state index is 10.3. The number of aromatic nitrogens is 1. The highest BCUT2D eigenvalue weighted by molar-refractivity contribution is 5.27. The molecule has 0 bridgehead atoms. The molecule has 15 heavy (non-hydrogen) atoms. The summed E-state index contributed by atoms with van der Waals surface area (Å²) in [5.74, 6) is 1.11. The lowest BCUT2D eigenvalue weighted by Gasteiger charge is -2.25. The average Bonchev–Trinajstić information content (AvgIpc) is 2.16. The third kappa shape index (κ3) is 3.20. The summed E-state index contributed by atoms with van der Waals surface area (Å²) in [6.45, 7) is 5.98. The molecular weight excluding hydrogens is 190 g/mol. The first kappa shape index (κ1) is 12.0. The second-order valence-electron chi connectivity index (χ2n) is 4.49. The molecule has 0 amide bonds. The second kappa shape index (κ2) is 4.62. The predicted octanol–water partition coefficient (Wildman–Crippen LogP) is 2.34. The Hall–Kier alpha value is -1.09. The van der Waals surface area contributed by atoms with Crippen LogP contribution in [0.1, 0.15) is 32.8 Å². The van der Waals surface area contributed by atoms with E-state index >= 15 is 0 Å². The van der Waals surface area contributed by atoms with Gasteiger partial charge in [0.25, 0.3) is 0 Å². The van der Waals surface area contributed by atoms with E-state index in [1.807, 2.05) is 13.0 Å². The highest BCUT2D eigenvalue weighted by Crippen LogP contribution is 2.29. The van der Waals surface area contributed by atoms with Gasteiger partial charge in [-0.1, -0.05) is 13.8 Å². The van der Waals surface area contributed by atoms with Gasteiger partial charge in [0, 0.05) is 11.8 Å². The summed E-state index contributed by atoms with van der Waals surface area (Å²) in [4.78, 5) is 4.04. The van der Waals surface area contributed by atoms with Crippen LogP contribution in [0.25, 0.3) is 0 Å². The zero-order valence-corrected chi connectivity index (χ0v) is 9.82. The van der Waals surface area contributed by atoms with Gasteiger partial charge >= 0.3 is 0 Å². The Morgan fingerprint density at radius 3 is 2.67 bits per heavy atom. The topological polar surface area (TPSA) is 42.4 Å². The fourth-order valence-electron chi connectivity index (χ4n) is 1.74. The molecule has 0 aliphatic heterocycles. The number of ether oxygens (including phenoxy) is 1. The monoisotopic (exact) mass is 209 g/mol. The number of methoxy groups -OCH3 is 1. The molecule has 1 aromatic heterocycles. The van der Waals surface area contributed by atoms with Gasteiger partial charge in [0.2, 0.25) is 0 Å². The summed E-state index contributed by atoms with van der Waals surface area (Å²) in [5.41, 5.74) is -0.0362. The summed E-state index contributed by atoms with van der Waals surface area (Å²) in [5, 5.41) is 10.3. The van der Waals surface area contributed by atoms with Gasteiger partial charge in [-0.05, 0) is 25.3 Å². The highest BCUT2D eigenvalue weighted by atomic mass is 16.5. The lowest BCUT2D eigenvalue weighted by Crippen LogP contribution is -2.23. The van der Waals surface area contributed by atoms with Crippen LogP contribution in [0.5, 0.6) is 5.75 Å². The largest absolute Gasteiger partial charge is 0.495 e. The van der Waals surface area contributed by atoms with Crippen LogP contribution in [0.15, 0.2) is 18.5 Å². The highest BCUT2D eigenvalue weighted by Gasteiger charge is 2.24. The first-order chi connectivity index (χ1) is 6.95. The van der Waals surface area contributed by atoms with Crippen molar-refractivity contribution in [3.63, 3.8) is 0 Å². The van der Waals surface area contributed by atoms with Gasteiger partial charge in [0.15, 0.2) is 0 Å². The van der Waals surface area contributed by atoms with Crippen LogP contribution in [0.4, 0.5) is 0 Å². The minimum absolute atomic E-state index is 0.436. The number of hydrogen-bond acceptors (Lipinski definition) is 3. The average molecular weight is 209 g/mol. The molecule has 1 N–H and O–H groups in total. The molecule has 0 aliphatic carbocycles. The summed E-state index contributed by atoms with van der Waals surface area (Å²) in [7, 11) is 1.60. The first-order valence-corrected chi connectivity index (χ1v) is 5.17. The molecule has 3 nitrogen and oxygen atoms in total. The normalized spacial score (nSPS) is 15.1. The molecular formula is C12H19NO2. The molecule has 1 unspecified atom stereocenters. The third-order valence-corrected chi connectivity index (χ3v) is 2.38. The molecule has 1 atom stereocenters. The van der Waals surface area contributed by atoms with Crippen molar-refractivity contribution in [3.8, 4) is 5.75 Å². The molecule has 1 rings (SSSR count). The van der Waals surface area contributed by atoms with E-state index in [2.05, 4.69) is 18.8 Å². The lowest BCUT2D eigenvalue weighted by atomic mass is 9.88. The fourth-order valence-corrected chi connectivity index (χ4v) is 1.74. The van der Waals surface area contributed by atoms with E-state index in [0.29, 0.717) is 18.1 Å². The van der Waals surface area contributed by atoms with Crippen molar-refractivity contribution in [2.75, 3.05) is 7.11 Å². The van der Waals surface area contributed by atoms with Crippen molar-refractivity contribution in [2.24, 2.45) is 5.92 Å². The molecule has 3 heteroatoms. The summed E-state index contributed by atoms with van der Waals surface area (Å²) in [6, 6.07) is 1.83. The van der Waals surface area contributed by atoms with Crippen LogP contribution in [0.2, 0.25) is 0 Å². The Bertz CT molecular complexity index is 321. The van der Waals surface area contributed by atoms with Gasteiger partial charge in [-0.3, -0.25) is 4.98 Å². The maximum Gasteiger partial charge on any atom is 0.137 e. The van der Waals surface area contributed by atoms with Crippen LogP contribution >= 0.6 is 0 Å². The molecule has 1 aromatic rings. The molecule has 84 valence electrons. The van der Waals surface area contributed by atoms with Crippen molar-refractivity contribution in [1.29, 1.82) is 0 Å². The molecule has 1 heterocycles. The number of aliphatic hydroxyl groups is 1. The van der Waals surface area contributed by atoms with Crippen LogP contribution in [-0.4, -0.2) is 17.2 Å². The Labute approximate surface area is 91.1 Å². The quantitative estimate of drug-likeness (QED) is 0.827. The molecule has 0 saturated heterocycles. The van der Waals surface area contributed by atoms with Gasteiger partial charge in [-0.25, -0.2) is 0 Å². The van der Waals surface area contributed by atoms with E-state index in [4.69, 9.17) is 4.74 Å². The van der Waals surface area contributed by atoms with E-state index in [-0.39, 0.29) is 0 Å². The number of rotatable bonds is 4. The summed E-state index contributed by atoms with van der Waals surface area (Å²) < 4.78 is 5.08. The van der Waals surface area contributed by atoms with E-state index in [1.165, 1.54) is 0 Å². The zero-order valence-electron chi connectivity index (χ0n) is 9.82. The standard InChI is InChI=1S/C12H19NO2/c1-9(2)6-12(3,14)10-5-11(15-4)8-13-7-10/h5,7-9,14H,6H2,1-4H3. The smallest absolute Gasteiger partial charge is 0.137 e. The van der Waals surface area contributed by atoms with Crippen LogP contribution in [0.3, 0.4) is 0 Å². The molecule has 0 aliphatic rings. The zero-order chi connectivity index (χ0) is 11.5. The summed E-state index contributed by atoms with van der Waals surface area (Å²) >= 11 is 0. The number of nitrogens with zero attached hydrogens (tertiary/aromatic N) is 1. The van der Waals surface area contributed by atoms with Crippen molar-refractivity contribution >= 4 is 0 Å². The first-order valence-electron chi connectivity index (χ1n) is 5.17. The predicted molar refractivity (Wildman–Crippen MR) is 59.8 cm³/mol. The molecule has 0 spiro atoms. The second-order valence-corrected chi connectivity index (χ2v) is 4.49. The molecule has 0 saturated carbocycles. The number of pyridine rings is 1. The van der Waals surface area contributed by atoms with Crippen molar-refractivity contribution in [2.45, 2.75) is 32.8 Å². The van der Waals surface area contributed by atoms with Crippen LogP contribution < -0.4 is 4.74 Å². The minimum Gasteiger partial charge on any atom is -0.495 e. The van der Waals surface area contributed by atoms with Crippen molar-refractivity contribution in [1.82, 2.24) is 4.98 Å². The van der Waals surface area contributed by atoms with Gasteiger partial charge in [0.1, 0.15) is 5.75 Å². The van der Waals surface area contributed by atoms with Crippen LogP contribution in [0, 0.1) is 5.92 Å². The molecule has 0 radical (unpaired) electrons. The van der Waals surface area contributed by atoms with Gasteiger partial charge in [-0.15, -0.1) is 0 Å². The van der Waals surface area contributed by atoms with E-state index in [9.17, 15) is 5.11 Å².